The molecule has 2 aliphatic rings. The van der Waals surface area contributed by atoms with Gasteiger partial charge in [-0.2, -0.15) is 0 Å². The van der Waals surface area contributed by atoms with Crippen molar-refractivity contribution in [2.24, 2.45) is 5.92 Å². The van der Waals surface area contributed by atoms with Crippen LogP contribution >= 0.6 is 11.6 Å². The molecule has 1 saturated carbocycles. The van der Waals surface area contributed by atoms with Crippen molar-refractivity contribution in [2.75, 3.05) is 13.1 Å². The number of benzene rings is 2. The molecule has 2 amide bonds. The molecule has 3 N–H and O–H groups in total. The Morgan fingerprint density at radius 3 is 2.54 bits per heavy atom. The van der Waals surface area contributed by atoms with E-state index in [2.05, 4.69) is 21.1 Å². The van der Waals surface area contributed by atoms with Gasteiger partial charge in [0.1, 0.15) is 5.76 Å². The van der Waals surface area contributed by atoms with Crippen LogP contribution in [0.1, 0.15) is 75.4 Å². The summed E-state index contributed by atoms with van der Waals surface area (Å²) in [4.78, 5) is 26.0. The molecule has 8 heteroatoms. The van der Waals surface area contributed by atoms with Crippen LogP contribution in [0.25, 0.3) is 0 Å². The Labute approximate surface area is 209 Å². The molecule has 0 radical (unpaired) electrons. The lowest BCUT2D eigenvalue weighted by atomic mass is 9.85. The first-order chi connectivity index (χ1) is 17.1. The van der Waals surface area contributed by atoms with E-state index in [-0.39, 0.29) is 23.8 Å². The molecule has 7 nitrogen and oxygen atoms in total. The molecule has 1 aliphatic heterocycles. The number of rotatable bonds is 8. The Morgan fingerprint density at radius 2 is 1.80 bits per heavy atom. The van der Waals surface area contributed by atoms with E-state index in [4.69, 9.17) is 16.1 Å². The van der Waals surface area contributed by atoms with Gasteiger partial charge in [0, 0.05) is 29.1 Å². The van der Waals surface area contributed by atoms with Crippen molar-refractivity contribution in [3.63, 3.8) is 0 Å². The first-order valence-corrected chi connectivity index (χ1v) is 12.6. The second-order valence-corrected chi connectivity index (χ2v) is 9.80. The van der Waals surface area contributed by atoms with Gasteiger partial charge in [0.15, 0.2) is 5.69 Å². The van der Waals surface area contributed by atoms with E-state index in [9.17, 15) is 9.59 Å². The average molecular weight is 493 g/mol. The molecular formula is C27H29ClN4O3. The van der Waals surface area contributed by atoms with Gasteiger partial charge in [-0.3, -0.25) is 9.59 Å². The highest BCUT2D eigenvalue weighted by atomic mass is 35.5. The zero-order chi connectivity index (χ0) is 24.2. The van der Waals surface area contributed by atoms with Crippen LogP contribution in [0.5, 0.6) is 0 Å². The van der Waals surface area contributed by atoms with Crippen LogP contribution in [0.3, 0.4) is 0 Å². The highest BCUT2D eigenvalue weighted by molar-refractivity contribution is 6.30. The SMILES string of the molecule is O=C(NCc1ccc(Cl)cc1)c1cccc(C(NC(=O)c2cc(C3CC3)on2)C2CCNCC2)c1. The highest BCUT2D eigenvalue weighted by Gasteiger charge is 2.31. The molecular weight excluding hydrogens is 464 g/mol. The third kappa shape index (κ3) is 5.92. The maximum Gasteiger partial charge on any atom is 0.273 e. The zero-order valence-corrected chi connectivity index (χ0v) is 20.2. The maximum atomic E-state index is 13.1. The van der Waals surface area contributed by atoms with E-state index in [0.29, 0.717) is 28.7 Å². The molecule has 1 atom stereocenters. The van der Waals surface area contributed by atoms with Crippen LogP contribution in [-0.2, 0) is 6.54 Å². The van der Waals surface area contributed by atoms with E-state index in [0.717, 1.165) is 55.7 Å². The summed E-state index contributed by atoms with van der Waals surface area (Å²) in [6.45, 7) is 2.20. The Bertz CT molecular complexity index is 1180. The standard InChI is InChI=1S/C27H29ClN4O3/c28-22-8-4-17(5-9-22)16-30-26(33)21-3-1-2-20(14-21)25(19-10-12-29-13-11-19)31-27(34)23-15-24(35-32-23)18-6-7-18/h1-5,8-9,14-15,18-19,25,29H,6-7,10-13,16H2,(H,30,33)(H,31,34). The fraction of sp³-hybridized carbons (Fsp3) is 0.370. The fourth-order valence-electron chi connectivity index (χ4n) is 4.58. The van der Waals surface area contributed by atoms with Gasteiger partial charge >= 0.3 is 0 Å². The van der Waals surface area contributed by atoms with Crippen molar-refractivity contribution in [1.82, 2.24) is 21.1 Å². The van der Waals surface area contributed by atoms with Crippen LogP contribution < -0.4 is 16.0 Å². The highest BCUT2D eigenvalue weighted by Crippen LogP contribution is 2.40. The van der Waals surface area contributed by atoms with Crippen LogP contribution in [-0.4, -0.2) is 30.1 Å². The largest absolute Gasteiger partial charge is 0.360 e. The Morgan fingerprint density at radius 1 is 1.03 bits per heavy atom. The summed E-state index contributed by atoms with van der Waals surface area (Å²) in [7, 11) is 0. The molecule has 0 bridgehead atoms. The van der Waals surface area contributed by atoms with Crippen molar-refractivity contribution < 1.29 is 14.1 Å². The minimum absolute atomic E-state index is 0.164. The van der Waals surface area contributed by atoms with Crippen LogP contribution in [0.2, 0.25) is 5.02 Å². The van der Waals surface area contributed by atoms with Gasteiger partial charge in [0.05, 0.1) is 6.04 Å². The molecule has 182 valence electrons. The number of amides is 2. The van der Waals surface area contributed by atoms with Crippen molar-refractivity contribution in [1.29, 1.82) is 0 Å². The Hall–Kier alpha value is -3.16. The van der Waals surface area contributed by atoms with E-state index in [1.54, 1.807) is 24.3 Å². The molecule has 2 fully saturated rings. The van der Waals surface area contributed by atoms with Crippen molar-refractivity contribution in [2.45, 2.75) is 44.2 Å². The lowest BCUT2D eigenvalue weighted by Crippen LogP contribution is -2.39. The second kappa shape index (κ2) is 10.6. The van der Waals surface area contributed by atoms with Gasteiger partial charge in [0.2, 0.25) is 0 Å². The molecule has 1 aliphatic carbocycles. The smallest absolute Gasteiger partial charge is 0.273 e. The molecule has 0 spiro atoms. The summed E-state index contributed by atoms with van der Waals surface area (Å²) < 4.78 is 5.38. The lowest BCUT2D eigenvalue weighted by molar-refractivity contribution is 0.0904. The minimum Gasteiger partial charge on any atom is -0.360 e. The van der Waals surface area contributed by atoms with E-state index < -0.39 is 0 Å². The monoisotopic (exact) mass is 492 g/mol. The second-order valence-electron chi connectivity index (χ2n) is 9.36. The molecule has 1 saturated heterocycles. The number of carbonyl (C=O) groups excluding carboxylic acids is 2. The summed E-state index contributed by atoms with van der Waals surface area (Å²) in [6, 6.07) is 16.4. The Balaban J connectivity index is 1.32. The van der Waals surface area contributed by atoms with Gasteiger partial charge in [0.25, 0.3) is 11.8 Å². The predicted octanol–water partition coefficient (Wildman–Crippen LogP) is 4.61. The fourth-order valence-corrected chi connectivity index (χ4v) is 4.71. The van der Waals surface area contributed by atoms with Gasteiger partial charge in [-0.25, -0.2) is 0 Å². The van der Waals surface area contributed by atoms with Gasteiger partial charge < -0.3 is 20.5 Å². The number of hydrogen-bond acceptors (Lipinski definition) is 5. The first-order valence-electron chi connectivity index (χ1n) is 12.2. The number of aromatic nitrogens is 1. The first kappa shape index (κ1) is 23.6. The van der Waals surface area contributed by atoms with Crippen molar-refractivity contribution in [3.05, 3.63) is 87.8 Å². The molecule has 5 rings (SSSR count). The van der Waals surface area contributed by atoms with E-state index >= 15 is 0 Å². The Kier molecular flexibility index (Phi) is 7.16. The van der Waals surface area contributed by atoms with Gasteiger partial charge in [-0.05, 0) is 80.1 Å². The third-order valence-corrected chi connectivity index (χ3v) is 7.01. The van der Waals surface area contributed by atoms with Crippen LogP contribution in [0.4, 0.5) is 0 Å². The van der Waals surface area contributed by atoms with Gasteiger partial charge in [-0.15, -0.1) is 0 Å². The number of piperidine rings is 1. The summed E-state index contributed by atoms with van der Waals surface area (Å²) in [6.07, 6.45) is 4.04. The average Bonchev–Trinajstić information content (AvgIpc) is 3.63. The number of nitrogens with one attached hydrogen (secondary N) is 3. The van der Waals surface area contributed by atoms with Crippen molar-refractivity contribution >= 4 is 23.4 Å². The molecule has 35 heavy (non-hydrogen) atoms. The van der Waals surface area contributed by atoms with E-state index in [1.807, 2.05) is 30.3 Å². The third-order valence-electron chi connectivity index (χ3n) is 6.76. The van der Waals surface area contributed by atoms with Crippen LogP contribution in [0.15, 0.2) is 59.1 Å². The van der Waals surface area contributed by atoms with Crippen LogP contribution in [0, 0.1) is 5.92 Å². The quantitative estimate of drug-likeness (QED) is 0.427. The summed E-state index contributed by atoms with van der Waals surface area (Å²) in [5.74, 6) is 1.02. The van der Waals surface area contributed by atoms with E-state index in [1.165, 1.54) is 0 Å². The summed E-state index contributed by atoms with van der Waals surface area (Å²) in [5, 5.41) is 14.2. The molecule has 2 aromatic carbocycles. The summed E-state index contributed by atoms with van der Waals surface area (Å²) in [5.41, 5.74) is 2.75. The molecule has 1 aromatic heterocycles. The molecule has 3 aromatic rings. The number of carbonyl (C=O) groups is 2. The molecule has 2 heterocycles. The van der Waals surface area contributed by atoms with Crippen molar-refractivity contribution in [3.8, 4) is 0 Å². The lowest BCUT2D eigenvalue weighted by Gasteiger charge is -2.31. The summed E-state index contributed by atoms with van der Waals surface area (Å²) >= 11 is 5.94. The number of halogens is 1. The normalized spacial score (nSPS) is 17.1. The zero-order valence-electron chi connectivity index (χ0n) is 19.4. The topological polar surface area (TPSA) is 96.3 Å². The van der Waals surface area contributed by atoms with Gasteiger partial charge in [-0.1, -0.05) is 41.0 Å². The maximum absolute atomic E-state index is 13.1. The predicted molar refractivity (Wildman–Crippen MR) is 133 cm³/mol. The minimum atomic E-state index is -0.248. The molecule has 1 unspecified atom stereocenters. The number of nitrogens with zero attached hydrogens (tertiary/aromatic N) is 1. The number of hydrogen-bond donors (Lipinski definition) is 3.